The van der Waals surface area contributed by atoms with Crippen molar-refractivity contribution < 1.29 is 9.53 Å². The van der Waals surface area contributed by atoms with E-state index in [0.29, 0.717) is 19.6 Å². The second-order valence-electron chi connectivity index (χ2n) is 4.47. The number of carbonyl (C=O) groups excluding carboxylic acids is 1. The molecule has 0 aromatic heterocycles. The largest absolute Gasteiger partial charge is 0.378 e. The summed E-state index contributed by atoms with van der Waals surface area (Å²) < 4.78 is 6.33. The van der Waals surface area contributed by atoms with Crippen LogP contribution in [0.1, 0.15) is 18.4 Å². The van der Waals surface area contributed by atoms with Gasteiger partial charge in [-0.25, -0.2) is 0 Å². The lowest BCUT2D eigenvalue weighted by molar-refractivity contribution is -0.135. The molecule has 0 radical (unpaired) electrons. The zero-order valence-corrected chi connectivity index (χ0v) is 12.0. The zero-order valence-electron chi connectivity index (χ0n) is 10.4. The molecule has 1 aromatic rings. The molecule has 0 bridgehead atoms. The first kappa shape index (κ1) is 13.6. The average molecular weight is 312 g/mol. The van der Waals surface area contributed by atoms with Crippen LogP contribution in [0.25, 0.3) is 0 Å². The van der Waals surface area contributed by atoms with Crippen molar-refractivity contribution >= 4 is 21.8 Å². The van der Waals surface area contributed by atoms with Crippen LogP contribution in [-0.2, 0) is 16.0 Å². The Labute approximate surface area is 116 Å². The van der Waals surface area contributed by atoms with E-state index in [9.17, 15) is 4.79 Å². The van der Waals surface area contributed by atoms with E-state index in [1.54, 1.807) is 0 Å². The molecule has 1 saturated heterocycles. The fourth-order valence-corrected chi connectivity index (χ4v) is 2.33. The van der Waals surface area contributed by atoms with Crippen molar-refractivity contribution in [1.82, 2.24) is 4.90 Å². The first-order valence-corrected chi connectivity index (χ1v) is 7.15. The van der Waals surface area contributed by atoms with Crippen LogP contribution < -0.4 is 0 Å². The number of hydrogen-bond donors (Lipinski definition) is 0. The number of aryl methyl sites for hydroxylation is 1. The summed E-state index contributed by atoms with van der Waals surface area (Å²) >= 11 is 3.42. The number of carbonyl (C=O) groups is 1. The smallest absolute Gasteiger partial charge is 0.222 e. The highest BCUT2D eigenvalue weighted by molar-refractivity contribution is 9.10. The van der Waals surface area contributed by atoms with Gasteiger partial charge in [0.05, 0.1) is 13.2 Å². The molecule has 3 nitrogen and oxygen atoms in total. The molecular formula is C14H18BrNO2. The van der Waals surface area contributed by atoms with E-state index in [1.807, 2.05) is 17.0 Å². The van der Waals surface area contributed by atoms with E-state index in [0.717, 1.165) is 30.4 Å². The molecule has 0 N–H and O–H groups in total. The van der Waals surface area contributed by atoms with Crippen molar-refractivity contribution in [3.05, 3.63) is 34.3 Å². The van der Waals surface area contributed by atoms with Crippen molar-refractivity contribution in [2.45, 2.75) is 19.3 Å². The van der Waals surface area contributed by atoms with Gasteiger partial charge in [-0.2, -0.15) is 0 Å². The quantitative estimate of drug-likeness (QED) is 0.855. The lowest BCUT2D eigenvalue weighted by Crippen LogP contribution is -2.40. The van der Waals surface area contributed by atoms with Gasteiger partial charge in [0, 0.05) is 24.0 Å². The third kappa shape index (κ3) is 4.10. The summed E-state index contributed by atoms with van der Waals surface area (Å²) in [6.45, 7) is 2.85. The van der Waals surface area contributed by atoms with Gasteiger partial charge in [-0.1, -0.05) is 28.1 Å². The molecule has 2 rings (SSSR count). The molecule has 0 spiro atoms. The highest BCUT2D eigenvalue weighted by Gasteiger charge is 2.15. The van der Waals surface area contributed by atoms with Crippen molar-refractivity contribution in [2.75, 3.05) is 26.3 Å². The number of hydrogen-bond acceptors (Lipinski definition) is 2. The van der Waals surface area contributed by atoms with Gasteiger partial charge in [-0.3, -0.25) is 4.79 Å². The number of nitrogens with zero attached hydrogens (tertiary/aromatic N) is 1. The fourth-order valence-electron chi connectivity index (χ4n) is 2.07. The van der Waals surface area contributed by atoms with Crippen LogP contribution in [0.5, 0.6) is 0 Å². The summed E-state index contributed by atoms with van der Waals surface area (Å²) in [5.74, 6) is 0.260. The maximum atomic E-state index is 11.9. The molecule has 98 valence electrons. The van der Waals surface area contributed by atoms with Gasteiger partial charge in [0.25, 0.3) is 0 Å². The number of amides is 1. The SMILES string of the molecule is O=C(CCCc1ccc(Br)cc1)N1CCOCC1. The Morgan fingerprint density at radius 3 is 2.56 bits per heavy atom. The van der Waals surface area contributed by atoms with Crippen LogP contribution in [-0.4, -0.2) is 37.1 Å². The van der Waals surface area contributed by atoms with Crippen molar-refractivity contribution in [2.24, 2.45) is 0 Å². The molecule has 1 heterocycles. The monoisotopic (exact) mass is 311 g/mol. The second-order valence-corrected chi connectivity index (χ2v) is 5.39. The van der Waals surface area contributed by atoms with Gasteiger partial charge in [0.1, 0.15) is 0 Å². The third-order valence-corrected chi connectivity index (χ3v) is 3.66. The number of morpholine rings is 1. The Bertz CT molecular complexity index is 385. The van der Waals surface area contributed by atoms with E-state index in [-0.39, 0.29) is 5.91 Å². The minimum Gasteiger partial charge on any atom is -0.378 e. The average Bonchev–Trinajstić information content (AvgIpc) is 2.42. The van der Waals surface area contributed by atoms with Gasteiger partial charge in [0.2, 0.25) is 5.91 Å². The summed E-state index contributed by atoms with van der Waals surface area (Å²) in [6.07, 6.45) is 2.51. The number of ether oxygens (including phenoxy) is 1. The van der Waals surface area contributed by atoms with E-state index in [4.69, 9.17) is 4.74 Å². The normalized spacial score (nSPS) is 15.7. The highest BCUT2D eigenvalue weighted by atomic mass is 79.9. The first-order chi connectivity index (χ1) is 8.75. The van der Waals surface area contributed by atoms with Crippen LogP contribution in [0.4, 0.5) is 0 Å². The molecule has 0 atom stereocenters. The molecule has 18 heavy (non-hydrogen) atoms. The standard InChI is InChI=1S/C14H18BrNO2/c15-13-6-4-12(5-7-13)2-1-3-14(17)16-8-10-18-11-9-16/h4-7H,1-3,8-11H2. The van der Waals surface area contributed by atoms with Crippen LogP contribution in [0.15, 0.2) is 28.7 Å². The van der Waals surface area contributed by atoms with Gasteiger partial charge in [-0.15, -0.1) is 0 Å². The predicted octanol–water partition coefficient (Wildman–Crippen LogP) is 2.63. The van der Waals surface area contributed by atoms with Crippen LogP contribution in [0.3, 0.4) is 0 Å². The maximum Gasteiger partial charge on any atom is 0.222 e. The summed E-state index contributed by atoms with van der Waals surface area (Å²) in [5.41, 5.74) is 1.29. The van der Waals surface area contributed by atoms with E-state index in [2.05, 4.69) is 28.1 Å². The molecule has 0 aliphatic carbocycles. The van der Waals surface area contributed by atoms with Gasteiger partial charge in [-0.05, 0) is 30.5 Å². The molecule has 1 aliphatic heterocycles. The molecule has 1 amide bonds. The molecule has 0 unspecified atom stereocenters. The lowest BCUT2D eigenvalue weighted by Gasteiger charge is -2.26. The van der Waals surface area contributed by atoms with Crippen molar-refractivity contribution in [3.8, 4) is 0 Å². The lowest BCUT2D eigenvalue weighted by atomic mass is 10.1. The number of rotatable bonds is 4. The molecule has 0 saturated carbocycles. The Kier molecular flexibility index (Phi) is 5.20. The molecule has 4 heteroatoms. The minimum atomic E-state index is 0.260. The van der Waals surface area contributed by atoms with E-state index < -0.39 is 0 Å². The van der Waals surface area contributed by atoms with Gasteiger partial charge >= 0.3 is 0 Å². The first-order valence-electron chi connectivity index (χ1n) is 6.35. The third-order valence-electron chi connectivity index (χ3n) is 3.13. The summed E-state index contributed by atoms with van der Waals surface area (Å²) in [5, 5.41) is 0. The molecule has 1 fully saturated rings. The number of benzene rings is 1. The van der Waals surface area contributed by atoms with Crippen molar-refractivity contribution in [3.63, 3.8) is 0 Å². The van der Waals surface area contributed by atoms with Gasteiger partial charge < -0.3 is 9.64 Å². The predicted molar refractivity (Wildman–Crippen MR) is 74.5 cm³/mol. The number of halogens is 1. The maximum absolute atomic E-state index is 11.9. The highest BCUT2D eigenvalue weighted by Crippen LogP contribution is 2.13. The van der Waals surface area contributed by atoms with E-state index in [1.165, 1.54) is 5.56 Å². The summed E-state index contributed by atoms with van der Waals surface area (Å²) in [4.78, 5) is 13.8. The summed E-state index contributed by atoms with van der Waals surface area (Å²) in [6, 6.07) is 8.28. The Balaban J connectivity index is 1.71. The molecule has 1 aromatic carbocycles. The van der Waals surface area contributed by atoms with Crippen LogP contribution in [0.2, 0.25) is 0 Å². The van der Waals surface area contributed by atoms with Crippen LogP contribution >= 0.6 is 15.9 Å². The van der Waals surface area contributed by atoms with Gasteiger partial charge in [0.15, 0.2) is 0 Å². The second kappa shape index (κ2) is 6.90. The minimum absolute atomic E-state index is 0.260. The topological polar surface area (TPSA) is 29.5 Å². The molecular weight excluding hydrogens is 294 g/mol. The van der Waals surface area contributed by atoms with Crippen molar-refractivity contribution in [1.29, 1.82) is 0 Å². The fraction of sp³-hybridized carbons (Fsp3) is 0.500. The Morgan fingerprint density at radius 2 is 1.89 bits per heavy atom. The zero-order chi connectivity index (χ0) is 12.8. The Morgan fingerprint density at radius 1 is 1.22 bits per heavy atom. The Hall–Kier alpha value is -0.870. The van der Waals surface area contributed by atoms with E-state index >= 15 is 0 Å². The van der Waals surface area contributed by atoms with Crippen LogP contribution in [0, 0.1) is 0 Å². The molecule has 1 aliphatic rings. The summed E-state index contributed by atoms with van der Waals surface area (Å²) in [7, 11) is 0.